The third-order valence-electron chi connectivity index (χ3n) is 2.51. The van der Waals surface area contributed by atoms with Crippen LogP contribution < -0.4 is 4.80 Å². The molecule has 0 bridgehead atoms. The molecule has 0 radical (unpaired) electrons. The van der Waals surface area contributed by atoms with Crippen LogP contribution in [0.3, 0.4) is 0 Å². The zero-order chi connectivity index (χ0) is 13.2. The molecule has 0 atom stereocenters. The van der Waals surface area contributed by atoms with Crippen LogP contribution in [0.4, 0.5) is 0 Å². The largest absolute Gasteiger partial charge is 0.344 e. The van der Waals surface area contributed by atoms with Gasteiger partial charge in [-0.2, -0.15) is 4.99 Å². The van der Waals surface area contributed by atoms with Crippen LogP contribution in [0, 0.1) is 0 Å². The molecule has 100 valence electrons. The quantitative estimate of drug-likeness (QED) is 0.839. The van der Waals surface area contributed by atoms with Crippen molar-refractivity contribution < 1.29 is 14.3 Å². The summed E-state index contributed by atoms with van der Waals surface area (Å²) >= 11 is 2.67. The van der Waals surface area contributed by atoms with E-state index in [1.807, 2.05) is 18.6 Å². The third-order valence-corrected chi connectivity index (χ3v) is 4.37. The molecular weight excluding hydrogens is 286 g/mol. The van der Waals surface area contributed by atoms with E-state index in [1.54, 1.807) is 4.57 Å². The second kappa shape index (κ2) is 5.33. The lowest BCUT2D eigenvalue weighted by Crippen LogP contribution is -2.12. The highest BCUT2D eigenvalue weighted by Crippen LogP contribution is 2.27. The summed E-state index contributed by atoms with van der Waals surface area (Å²) in [5, 5.41) is 2.54. The second-order valence-corrected chi connectivity index (χ2v) is 5.78. The van der Waals surface area contributed by atoms with E-state index < -0.39 is 6.29 Å². The van der Waals surface area contributed by atoms with Gasteiger partial charge in [-0.05, 0) is 0 Å². The Balaban J connectivity index is 1.83. The van der Waals surface area contributed by atoms with Gasteiger partial charge in [0.15, 0.2) is 4.80 Å². The molecule has 2 aromatic rings. The second-order valence-electron chi connectivity index (χ2n) is 3.85. The van der Waals surface area contributed by atoms with Gasteiger partial charge in [-0.1, -0.05) is 0 Å². The van der Waals surface area contributed by atoms with Gasteiger partial charge >= 0.3 is 0 Å². The Morgan fingerprint density at radius 1 is 1.53 bits per heavy atom. The SMILES string of the molecule is Cn1ccsc1=NC(=O)c1cnc(C2OCCO2)s1. The van der Waals surface area contributed by atoms with Crippen molar-refractivity contribution in [2.24, 2.45) is 12.0 Å². The molecule has 0 aliphatic carbocycles. The first-order valence-electron chi connectivity index (χ1n) is 5.62. The molecule has 6 nitrogen and oxygen atoms in total. The molecule has 2 aromatic heterocycles. The summed E-state index contributed by atoms with van der Waals surface area (Å²) in [7, 11) is 1.85. The Morgan fingerprint density at radius 3 is 3.00 bits per heavy atom. The van der Waals surface area contributed by atoms with E-state index in [4.69, 9.17) is 9.47 Å². The summed E-state index contributed by atoms with van der Waals surface area (Å²) in [5.41, 5.74) is 0. The third kappa shape index (κ3) is 2.66. The van der Waals surface area contributed by atoms with E-state index in [0.29, 0.717) is 27.9 Å². The fraction of sp³-hybridized carbons (Fsp3) is 0.364. The summed E-state index contributed by atoms with van der Waals surface area (Å²) < 4.78 is 12.5. The van der Waals surface area contributed by atoms with Crippen LogP contribution in [-0.4, -0.2) is 28.7 Å². The smallest absolute Gasteiger partial charge is 0.291 e. The van der Waals surface area contributed by atoms with Crippen LogP contribution in [0.15, 0.2) is 22.8 Å². The van der Waals surface area contributed by atoms with E-state index >= 15 is 0 Å². The van der Waals surface area contributed by atoms with Gasteiger partial charge in [0.2, 0.25) is 6.29 Å². The standard InChI is InChI=1S/C11H11N3O3S2/c1-14-2-5-18-11(14)13-8(15)7-6-12-9(19-7)10-16-3-4-17-10/h2,5-6,10H,3-4H2,1H3. The Kier molecular flexibility index (Phi) is 3.56. The number of aryl methyl sites for hydroxylation is 1. The van der Waals surface area contributed by atoms with Gasteiger partial charge in [0, 0.05) is 18.6 Å². The molecule has 0 N–H and O–H groups in total. The van der Waals surface area contributed by atoms with Gasteiger partial charge < -0.3 is 14.0 Å². The fourth-order valence-electron chi connectivity index (χ4n) is 1.57. The van der Waals surface area contributed by atoms with Crippen LogP contribution in [0.5, 0.6) is 0 Å². The predicted octanol–water partition coefficient (Wildman–Crippen LogP) is 1.33. The lowest BCUT2D eigenvalue weighted by Gasteiger charge is -2.02. The molecule has 0 spiro atoms. The minimum atomic E-state index is -0.440. The van der Waals surface area contributed by atoms with Crippen molar-refractivity contribution >= 4 is 28.6 Å². The summed E-state index contributed by atoms with van der Waals surface area (Å²) in [6, 6.07) is 0. The van der Waals surface area contributed by atoms with Crippen molar-refractivity contribution in [3.8, 4) is 0 Å². The average Bonchev–Trinajstić information content (AvgIpc) is 3.09. The normalized spacial score (nSPS) is 17.2. The van der Waals surface area contributed by atoms with Gasteiger partial charge in [-0.25, -0.2) is 4.98 Å². The first kappa shape index (κ1) is 12.7. The number of carbonyl (C=O) groups excluding carboxylic acids is 1. The first-order valence-corrected chi connectivity index (χ1v) is 7.32. The van der Waals surface area contributed by atoms with Crippen LogP contribution in [0.2, 0.25) is 0 Å². The summed E-state index contributed by atoms with van der Waals surface area (Å²) in [4.78, 5) is 21.4. The molecular formula is C11H11N3O3S2. The van der Waals surface area contributed by atoms with Gasteiger partial charge in [0.05, 0.1) is 19.4 Å². The van der Waals surface area contributed by atoms with Crippen molar-refractivity contribution in [1.82, 2.24) is 9.55 Å². The number of carbonyl (C=O) groups is 1. The summed E-state index contributed by atoms with van der Waals surface area (Å²) in [5.74, 6) is -0.292. The van der Waals surface area contributed by atoms with Crippen molar-refractivity contribution in [2.45, 2.75) is 6.29 Å². The molecule has 8 heteroatoms. The zero-order valence-electron chi connectivity index (χ0n) is 10.1. The monoisotopic (exact) mass is 297 g/mol. The van der Waals surface area contributed by atoms with Crippen molar-refractivity contribution in [3.63, 3.8) is 0 Å². The van der Waals surface area contributed by atoms with Crippen LogP contribution in [0.1, 0.15) is 21.0 Å². The van der Waals surface area contributed by atoms with Gasteiger partial charge in [-0.15, -0.1) is 22.7 Å². The first-order chi connectivity index (χ1) is 9.24. The van der Waals surface area contributed by atoms with Gasteiger partial charge in [0.25, 0.3) is 5.91 Å². The van der Waals surface area contributed by atoms with Crippen LogP contribution >= 0.6 is 22.7 Å². The van der Waals surface area contributed by atoms with Gasteiger partial charge in [-0.3, -0.25) is 4.79 Å². The van der Waals surface area contributed by atoms with Gasteiger partial charge in [0.1, 0.15) is 9.88 Å². The number of amides is 1. The molecule has 1 aliphatic heterocycles. The minimum absolute atomic E-state index is 0.292. The molecule has 0 aromatic carbocycles. The molecule has 1 saturated heterocycles. The summed E-state index contributed by atoms with van der Waals surface area (Å²) in [6.45, 7) is 1.12. The van der Waals surface area contributed by atoms with Crippen molar-refractivity contribution in [2.75, 3.05) is 13.2 Å². The maximum absolute atomic E-state index is 12.0. The maximum Gasteiger partial charge on any atom is 0.291 e. The Bertz CT molecular complexity index is 652. The number of aromatic nitrogens is 2. The van der Waals surface area contributed by atoms with Crippen LogP contribution in [0.25, 0.3) is 0 Å². The van der Waals surface area contributed by atoms with E-state index in [2.05, 4.69) is 9.98 Å². The van der Waals surface area contributed by atoms with E-state index in [1.165, 1.54) is 28.9 Å². The lowest BCUT2D eigenvalue weighted by atomic mass is 10.5. The zero-order valence-corrected chi connectivity index (χ0v) is 11.7. The number of hydrogen-bond donors (Lipinski definition) is 0. The highest BCUT2D eigenvalue weighted by Gasteiger charge is 2.23. The molecule has 3 rings (SSSR count). The number of nitrogens with zero attached hydrogens (tertiary/aromatic N) is 3. The van der Waals surface area contributed by atoms with E-state index in [9.17, 15) is 4.79 Å². The molecule has 0 saturated carbocycles. The van der Waals surface area contributed by atoms with Crippen molar-refractivity contribution in [3.05, 3.63) is 32.5 Å². The molecule has 0 unspecified atom stereocenters. The number of hydrogen-bond acceptors (Lipinski definition) is 6. The Hall–Kier alpha value is -1.35. The average molecular weight is 297 g/mol. The highest BCUT2D eigenvalue weighted by atomic mass is 32.1. The molecule has 1 amide bonds. The molecule has 1 aliphatic rings. The number of rotatable bonds is 2. The Morgan fingerprint density at radius 2 is 2.32 bits per heavy atom. The molecule has 3 heterocycles. The van der Waals surface area contributed by atoms with Crippen molar-refractivity contribution in [1.29, 1.82) is 0 Å². The number of thiazole rings is 2. The Labute approximate surface area is 117 Å². The molecule has 1 fully saturated rings. The summed E-state index contributed by atoms with van der Waals surface area (Å²) in [6.07, 6.45) is 2.93. The number of ether oxygens (including phenoxy) is 2. The predicted molar refractivity (Wildman–Crippen MR) is 69.9 cm³/mol. The topological polar surface area (TPSA) is 65.7 Å². The highest BCUT2D eigenvalue weighted by molar-refractivity contribution is 7.13. The lowest BCUT2D eigenvalue weighted by molar-refractivity contribution is -0.0442. The minimum Gasteiger partial charge on any atom is -0.344 e. The molecule has 19 heavy (non-hydrogen) atoms. The van der Waals surface area contributed by atoms with E-state index in [-0.39, 0.29) is 5.91 Å². The maximum atomic E-state index is 12.0. The fourth-order valence-corrected chi connectivity index (χ4v) is 3.10. The van der Waals surface area contributed by atoms with E-state index in [0.717, 1.165) is 0 Å². The van der Waals surface area contributed by atoms with Crippen LogP contribution in [-0.2, 0) is 16.5 Å².